The fourth-order valence-corrected chi connectivity index (χ4v) is 2.10. The minimum absolute atomic E-state index is 0.376. The Kier molecular flexibility index (Phi) is 3.43. The first-order valence-corrected chi connectivity index (χ1v) is 5.40. The molecule has 2 N–H and O–H groups in total. The summed E-state index contributed by atoms with van der Waals surface area (Å²) in [5.74, 6) is 0.825. The normalized spacial score (nSPS) is 11.4. The quantitative estimate of drug-likeness (QED) is 0.731. The Labute approximate surface area is 91.3 Å². The summed E-state index contributed by atoms with van der Waals surface area (Å²) in [6.07, 6.45) is 0. The molecule has 0 spiro atoms. The van der Waals surface area contributed by atoms with Crippen molar-refractivity contribution in [3.8, 4) is 0 Å². The van der Waals surface area contributed by atoms with Crippen molar-refractivity contribution in [1.82, 2.24) is 0 Å². The topological polar surface area (TPSA) is 26.0 Å². The van der Waals surface area contributed by atoms with Crippen molar-refractivity contribution in [1.29, 1.82) is 0 Å². The van der Waals surface area contributed by atoms with E-state index in [2.05, 4.69) is 27.7 Å². The summed E-state index contributed by atoms with van der Waals surface area (Å²) in [4.78, 5) is 0. The van der Waals surface area contributed by atoms with Crippen LogP contribution in [-0.4, -0.2) is 0 Å². The van der Waals surface area contributed by atoms with E-state index in [-0.39, 0.29) is 0 Å². The lowest BCUT2D eigenvalue weighted by molar-refractivity contribution is 0.840. The third kappa shape index (κ3) is 2.03. The monoisotopic (exact) mass is 211 g/mol. The molecule has 78 valence electrons. The van der Waals surface area contributed by atoms with Crippen LogP contribution < -0.4 is 5.73 Å². The van der Waals surface area contributed by atoms with E-state index in [1.807, 2.05) is 12.1 Å². The molecular weight excluding hydrogens is 194 g/mol. The number of benzene rings is 1. The van der Waals surface area contributed by atoms with Crippen LogP contribution >= 0.6 is 11.6 Å². The van der Waals surface area contributed by atoms with Crippen LogP contribution in [0.25, 0.3) is 0 Å². The molecule has 0 aliphatic heterocycles. The molecule has 0 fully saturated rings. The number of nitrogens with two attached hydrogens (primary N) is 1. The lowest BCUT2D eigenvalue weighted by Gasteiger charge is -2.17. The zero-order valence-corrected chi connectivity index (χ0v) is 10.0. The Bertz CT molecular complexity index is 329. The smallest absolute Gasteiger partial charge is 0.0461 e. The lowest BCUT2D eigenvalue weighted by atomic mass is 9.93. The second-order valence-corrected chi connectivity index (χ2v) is 4.68. The summed E-state index contributed by atoms with van der Waals surface area (Å²) in [5.41, 5.74) is 9.24. The standard InChI is InChI=1S/C12H18ClN/c1-7(2)9-5-6-10(13)11(8(3)4)12(9)14/h5-8H,14H2,1-4H3. The van der Waals surface area contributed by atoms with Crippen molar-refractivity contribution in [2.24, 2.45) is 0 Å². The predicted molar refractivity (Wildman–Crippen MR) is 64.0 cm³/mol. The van der Waals surface area contributed by atoms with Crippen LogP contribution in [0.2, 0.25) is 5.02 Å². The molecule has 1 rings (SSSR count). The molecule has 1 aromatic carbocycles. The highest BCUT2D eigenvalue weighted by molar-refractivity contribution is 6.31. The van der Waals surface area contributed by atoms with Gasteiger partial charge in [-0.05, 0) is 29.0 Å². The number of rotatable bonds is 2. The van der Waals surface area contributed by atoms with Gasteiger partial charge in [-0.1, -0.05) is 45.4 Å². The average molecular weight is 212 g/mol. The number of nitrogen functional groups attached to an aromatic ring is 1. The number of anilines is 1. The van der Waals surface area contributed by atoms with E-state index in [1.54, 1.807) is 0 Å². The summed E-state index contributed by atoms with van der Waals surface area (Å²) in [7, 11) is 0. The molecule has 0 aromatic heterocycles. The minimum atomic E-state index is 0.376. The van der Waals surface area contributed by atoms with Gasteiger partial charge in [0.25, 0.3) is 0 Å². The molecule has 0 aliphatic rings. The Hall–Kier alpha value is -0.690. The maximum Gasteiger partial charge on any atom is 0.0461 e. The van der Waals surface area contributed by atoms with Gasteiger partial charge in [0.05, 0.1) is 0 Å². The molecule has 0 saturated heterocycles. The molecule has 0 heterocycles. The third-order valence-corrected chi connectivity index (χ3v) is 2.80. The van der Waals surface area contributed by atoms with Gasteiger partial charge in [-0.15, -0.1) is 0 Å². The van der Waals surface area contributed by atoms with Crippen LogP contribution in [0.3, 0.4) is 0 Å². The molecule has 2 heteroatoms. The van der Waals surface area contributed by atoms with Gasteiger partial charge in [-0.2, -0.15) is 0 Å². The summed E-state index contributed by atoms with van der Waals surface area (Å²) in [6, 6.07) is 3.97. The highest BCUT2D eigenvalue weighted by Gasteiger charge is 2.14. The largest absolute Gasteiger partial charge is 0.398 e. The summed E-state index contributed by atoms with van der Waals surface area (Å²) < 4.78 is 0. The number of hydrogen-bond acceptors (Lipinski definition) is 1. The zero-order valence-electron chi connectivity index (χ0n) is 9.26. The van der Waals surface area contributed by atoms with E-state index in [4.69, 9.17) is 17.3 Å². The van der Waals surface area contributed by atoms with E-state index < -0.39 is 0 Å². The fraction of sp³-hybridized carbons (Fsp3) is 0.500. The first-order chi connectivity index (χ1) is 6.45. The number of halogens is 1. The molecule has 0 unspecified atom stereocenters. The van der Waals surface area contributed by atoms with Gasteiger partial charge in [-0.25, -0.2) is 0 Å². The van der Waals surface area contributed by atoms with Crippen LogP contribution in [0.15, 0.2) is 12.1 Å². The molecule has 14 heavy (non-hydrogen) atoms. The van der Waals surface area contributed by atoms with Gasteiger partial charge < -0.3 is 5.73 Å². The SMILES string of the molecule is CC(C)c1ccc(Cl)c(C(C)C)c1N. The molecule has 0 radical (unpaired) electrons. The fourth-order valence-electron chi connectivity index (χ4n) is 1.72. The Morgan fingerprint density at radius 1 is 1.07 bits per heavy atom. The van der Waals surface area contributed by atoms with Gasteiger partial charge in [-0.3, -0.25) is 0 Å². The van der Waals surface area contributed by atoms with Crippen molar-refractivity contribution < 1.29 is 0 Å². The second kappa shape index (κ2) is 4.22. The van der Waals surface area contributed by atoms with E-state index in [0.29, 0.717) is 11.8 Å². The van der Waals surface area contributed by atoms with Gasteiger partial charge in [0, 0.05) is 10.7 Å². The molecule has 1 nitrogen and oxygen atoms in total. The highest BCUT2D eigenvalue weighted by Crippen LogP contribution is 2.35. The molecule has 1 aromatic rings. The van der Waals surface area contributed by atoms with Crippen LogP contribution in [0.4, 0.5) is 5.69 Å². The molecule has 0 amide bonds. The van der Waals surface area contributed by atoms with Crippen molar-refractivity contribution in [3.63, 3.8) is 0 Å². The minimum Gasteiger partial charge on any atom is -0.398 e. The number of hydrogen-bond donors (Lipinski definition) is 1. The molecule has 0 saturated carbocycles. The molecule has 0 aliphatic carbocycles. The Morgan fingerprint density at radius 2 is 1.64 bits per heavy atom. The first kappa shape index (κ1) is 11.4. The van der Waals surface area contributed by atoms with Crippen molar-refractivity contribution in [2.75, 3.05) is 5.73 Å². The van der Waals surface area contributed by atoms with Gasteiger partial charge in [0.15, 0.2) is 0 Å². The Balaban J connectivity index is 3.34. The summed E-state index contributed by atoms with van der Waals surface area (Å²) in [6.45, 7) is 8.51. The average Bonchev–Trinajstić information content (AvgIpc) is 2.02. The maximum absolute atomic E-state index is 6.12. The summed E-state index contributed by atoms with van der Waals surface area (Å²) >= 11 is 6.12. The van der Waals surface area contributed by atoms with E-state index >= 15 is 0 Å². The second-order valence-electron chi connectivity index (χ2n) is 4.27. The van der Waals surface area contributed by atoms with Gasteiger partial charge in [0.2, 0.25) is 0 Å². The van der Waals surface area contributed by atoms with E-state index in [1.165, 1.54) is 5.56 Å². The van der Waals surface area contributed by atoms with Crippen LogP contribution in [0.5, 0.6) is 0 Å². The zero-order chi connectivity index (χ0) is 10.9. The maximum atomic E-state index is 6.12. The van der Waals surface area contributed by atoms with Crippen LogP contribution in [0, 0.1) is 0 Å². The summed E-state index contributed by atoms with van der Waals surface area (Å²) in [5, 5.41) is 0.780. The molecular formula is C12H18ClN. The predicted octanol–water partition coefficient (Wildman–Crippen LogP) is 4.17. The third-order valence-electron chi connectivity index (χ3n) is 2.47. The van der Waals surface area contributed by atoms with Crippen molar-refractivity contribution >= 4 is 17.3 Å². The van der Waals surface area contributed by atoms with Gasteiger partial charge in [0.1, 0.15) is 0 Å². The molecule has 0 bridgehead atoms. The highest BCUT2D eigenvalue weighted by atomic mass is 35.5. The van der Waals surface area contributed by atoms with E-state index in [0.717, 1.165) is 16.3 Å². The van der Waals surface area contributed by atoms with Crippen LogP contribution in [0.1, 0.15) is 50.7 Å². The first-order valence-electron chi connectivity index (χ1n) is 5.03. The lowest BCUT2D eigenvalue weighted by Crippen LogP contribution is -2.03. The van der Waals surface area contributed by atoms with E-state index in [9.17, 15) is 0 Å². The van der Waals surface area contributed by atoms with Crippen LogP contribution in [-0.2, 0) is 0 Å². The molecule has 0 atom stereocenters. The van der Waals surface area contributed by atoms with Crippen molar-refractivity contribution in [2.45, 2.75) is 39.5 Å². The van der Waals surface area contributed by atoms with Crippen molar-refractivity contribution in [3.05, 3.63) is 28.3 Å². The Morgan fingerprint density at radius 3 is 2.07 bits per heavy atom. The van der Waals surface area contributed by atoms with Gasteiger partial charge >= 0.3 is 0 Å².